The minimum Gasteiger partial charge on any atom is -0.427 e. The molecule has 2 aromatic carbocycles. The number of hydrogen-bond acceptors (Lipinski definition) is 3. The predicted octanol–water partition coefficient (Wildman–Crippen LogP) is 3.82. The van der Waals surface area contributed by atoms with Crippen LogP contribution in [-0.4, -0.2) is 11.8 Å². The number of esters is 1. The molecular formula is C19H16O3. The van der Waals surface area contributed by atoms with Crippen molar-refractivity contribution < 1.29 is 14.3 Å². The van der Waals surface area contributed by atoms with E-state index in [4.69, 9.17) is 4.74 Å². The SMILES string of the molecule is CC(=O)Oc1ccc(C=C2CCc3ccccc3C2=O)cc1. The van der Waals surface area contributed by atoms with Crippen LogP contribution in [-0.2, 0) is 11.2 Å². The number of allylic oxidation sites excluding steroid dienone is 1. The summed E-state index contributed by atoms with van der Waals surface area (Å²) in [5.41, 5.74) is 3.67. The lowest BCUT2D eigenvalue weighted by Gasteiger charge is -2.17. The van der Waals surface area contributed by atoms with Crippen molar-refractivity contribution in [3.05, 3.63) is 70.8 Å². The molecule has 0 N–H and O–H groups in total. The zero-order valence-corrected chi connectivity index (χ0v) is 12.3. The maximum Gasteiger partial charge on any atom is 0.308 e. The van der Waals surface area contributed by atoms with Gasteiger partial charge in [0, 0.05) is 18.1 Å². The Morgan fingerprint density at radius 2 is 1.77 bits per heavy atom. The number of aryl methyl sites for hydroxylation is 1. The van der Waals surface area contributed by atoms with Gasteiger partial charge in [0.05, 0.1) is 0 Å². The molecule has 3 nitrogen and oxygen atoms in total. The van der Waals surface area contributed by atoms with Crippen LogP contribution in [0.15, 0.2) is 54.1 Å². The van der Waals surface area contributed by atoms with E-state index >= 15 is 0 Å². The van der Waals surface area contributed by atoms with Crippen molar-refractivity contribution in [1.29, 1.82) is 0 Å². The van der Waals surface area contributed by atoms with Crippen molar-refractivity contribution in [2.45, 2.75) is 19.8 Å². The number of rotatable bonds is 2. The molecule has 0 aromatic heterocycles. The fourth-order valence-corrected chi connectivity index (χ4v) is 2.65. The second-order valence-electron chi connectivity index (χ2n) is 5.32. The van der Waals surface area contributed by atoms with E-state index in [1.807, 2.05) is 42.5 Å². The van der Waals surface area contributed by atoms with Crippen LogP contribution in [0.25, 0.3) is 6.08 Å². The van der Waals surface area contributed by atoms with Crippen molar-refractivity contribution in [3.63, 3.8) is 0 Å². The van der Waals surface area contributed by atoms with Crippen LogP contribution in [0, 0.1) is 0 Å². The quantitative estimate of drug-likeness (QED) is 0.480. The fraction of sp³-hybridized carbons (Fsp3) is 0.158. The summed E-state index contributed by atoms with van der Waals surface area (Å²) in [5.74, 6) is 0.269. The van der Waals surface area contributed by atoms with E-state index < -0.39 is 0 Å². The summed E-state index contributed by atoms with van der Waals surface area (Å²) >= 11 is 0. The van der Waals surface area contributed by atoms with Crippen molar-refractivity contribution in [2.24, 2.45) is 0 Å². The predicted molar refractivity (Wildman–Crippen MR) is 84.8 cm³/mol. The van der Waals surface area contributed by atoms with E-state index in [0.717, 1.165) is 35.1 Å². The largest absolute Gasteiger partial charge is 0.427 e. The van der Waals surface area contributed by atoms with Gasteiger partial charge >= 0.3 is 5.97 Å². The van der Waals surface area contributed by atoms with Crippen molar-refractivity contribution in [3.8, 4) is 5.75 Å². The molecule has 0 bridgehead atoms. The maximum absolute atomic E-state index is 12.5. The van der Waals surface area contributed by atoms with Crippen LogP contribution in [0.1, 0.15) is 34.8 Å². The van der Waals surface area contributed by atoms with E-state index in [1.54, 1.807) is 12.1 Å². The number of carbonyl (C=O) groups excluding carboxylic acids is 2. The van der Waals surface area contributed by atoms with Gasteiger partial charge in [-0.2, -0.15) is 0 Å². The van der Waals surface area contributed by atoms with E-state index in [-0.39, 0.29) is 11.8 Å². The smallest absolute Gasteiger partial charge is 0.308 e. The monoisotopic (exact) mass is 292 g/mol. The maximum atomic E-state index is 12.5. The Morgan fingerprint density at radius 3 is 2.50 bits per heavy atom. The Morgan fingerprint density at radius 1 is 1.05 bits per heavy atom. The highest BCUT2D eigenvalue weighted by atomic mass is 16.5. The molecule has 0 heterocycles. The second kappa shape index (κ2) is 5.98. The zero-order chi connectivity index (χ0) is 15.5. The highest BCUT2D eigenvalue weighted by Crippen LogP contribution is 2.26. The first-order valence-electron chi connectivity index (χ1n) is 7.25. The summed E-state index contributed by atoms with van der Waals surface area (Å²) in [7, 11) is 0. The number of carbonyl (C=O) groups is 2. The van der Waals surface area contributed by atoms with Gasteiger partial charge < -0.3 is 4.74 Å². The van der Waals surface area contributed by atoms with E-state index in [9.17, 15) is 9.59 Å². The van der Waals surface area contributed by atoms with Crippen LogP contribution in [0.5, 0.6) is 5.75 Å². The molecule has 1 aliphatic carbocycles. The van der Waals surface area contributed by atoms with Crippen molar-refractivity contribution in [1.82, 2.24) is 0 Å². The Labute approximate surface area is 129 Å². The van der Waals surface area contributed by atoms with Gasteiger partial charge in [-0.1, -0.05) is 36.4 Å². The molecular weight excluding hydrogens is 276 g/mol. The molecule has 0 atom stereocenters. The van der Waals surface area contributed by atoms with Gasteiger partial charge in [0.1, 0.15) is 5.75 Å². The Kier molecular flexibility index (Phi) is 3.88. The minimum atomic E-state index is -0.342. The average molecular weight is 292 g/mol. The van der Waals surface area contributed by atoms with Gasteiger partial charge in [0.15, 0.2) is 5.78 Å². The van der Waals surface area contributed by atoms with Gasteiger partial charge in [-0.25, -0.2) is 0 Å². The van der Waals surface area contributed by atoms with Gasteiger partial charge in [0.25, 0.3) is 0 Å². The van der Waals surface area contributed by atoms with E-state index in [1.165, 1.54) is 6.92 Å². The molecule has 3 heteroatoms. The van der Waals surface area contributed by atoms with Gasteiger partial charge in [0.2, 0.25) is 0 Å². The second-order valence-corrected chi connectivity index (χ2v) is 5.32. The summed E-state index contributed by atoms with van der Waals surface area (Å²) < 4.78 is 5.00. The molecule has 0 radical (unpaired) electrons. The summed E-state index contributed by atoms with van der Waals surface area (Å²) in [6.45, 7) is 1.37. The number of Topliss-reactive ketones (excluding diaryl/α,β-unsaturated/α-hetero) is 1. The minimum absolute atomic E-state index is 0.103. The lowest BCUT2D eigenvalue weighted by molar-refractivity contribution is -0.131. The van der Waals surface area contributed by atoms with E-state index in [2.05, 4.69) is 0 Å². The van der Waals surface area contributed by atoms with Gasteiger partial charge in [-0.15, -0.1) is 0 Å². The van der Waals surface area contributed by atoms with Crippen LogP contribution in [0.4, 0.5) is 0 Å². The molecule has 22 heavy (non-hydrogen) atoms. The highest BCUT2D eigenvalue weighted by molar-refractivity contribution is 6.13. The third kappa shape index (κ3) is 2.98. The molecule has 0 aliphatic heterocycles. The first-order valence-corrected chi connectivity index (χ1v) is 7.25. The molecule has 3 rings (SSSR count). The summed E-state index contributed by atoms with van der Waals surface area (Å²) in [6.07, 6.45) is 3.55. The lowest BCUT2D eigenvalue weighted by Crippen LogP contribution is -2.13. The molecule has 0 fully saturated rings. The van der Waals surface area contributed by atoms with E-state index in [0.29, 0.717) is 5.75 Å². The highest BCUT2D eigenvalue weighted by Gasteiger charge is 2.20. The van der Waals surface area contributed by atoms with Crippen molar-refractivity contribution in [2.75, 3.05) is 0 Å². The topological polar surface area (TPSA) is 43.4 Å². The third-order valence-corrected chi connectivity index (χ3v) is 3.70. The fourth-order valence-electron chi connectivity index (χ4n) is 2.65. The van der Waals surface area contributed by atoms with Crippen LogP contribution in [0.2, 0.25) is 0 Å². The molecule has 0 spiro atoms. The van der Waals surface area contributed by atoms with Crippen LogP contribution >= 0.6 is 0 Å². The lowest BCUT2D eigenvalue weighted by atomic mass is 9.86. The standard InChI is InChI=1S/C19H16O3/c1-13(20)22-17-10-6-14(7-11-17)12-16-9-8-15-4-2-3-5-18(15)19(16)21/h2-7,10-12H,8-9H2,1H3. The molecule has 110 valence electrons. The number of ketones is 1. The Balaban J connectivity index is 1.84. The number of benzene rings is 2. The first kappa shape index (κ1) is 14.3. The first-order chi connectivity index (χ1) is 10.6. The average Bonchev–Trinajstić information content (AvgIpc) is 2.52. The Hall–Kier alpha value is -2.68. The molecule has 1 aliphatic rings. The van der Waals surface area contributed by atoms with Crippen LogP contribution in [0.3, 0.4) is 0 Å². The summed E-state index contributed by atoms with van der Waals surface area (Å²) in [4.78, 5) is 23.4. The summed E-state index contributed by atoms with van der Waals surface area (Å²) in [6, 6.07) is 14.9. The van der Waals surface area contributed by atoms with Gasteiger partial charge in [-0.3, -0.25) is 9.59 Å². The number of fused-ring (bicyclic) bond motifs is 1. The van der Waals surface area contributed by atoms with Crippen molar-refractivity contribution >= 4 is 17.8 Å². The van der Waals surface area contributed by atoms with Gasteiger partial charge in [-0.05, 0) is 42.2 Å². The number of hydrogen-bond donors (Lipinski definition) is 0. The zero-order valence-electron chi connectivity index (χ0n) is 12.3. The molecule has 0 saturated carbocycles. The molecule has 0 unspecified atom stereocenters. The molecule has 0 saturated heterocycles. The molecule has 2 aromatic rings. The Bertz CT molecular complexity index is 755. The third-order valence-electron chi connectivity index (χ3n) is 3.70. The normalized spacial score (nSPS) is 15.5. The number of ether oxygens (including phenoxy) is 1. The summed E-state index contributed by atoms with van der Waals surface area (Å²) in [5, 5.41) is 0. The molecule has 0 amide bonds. The van der Waals surface area contributed by atoms with Crippen LogP contribution < -0.4 is 4.74 Å².